The molecule has 3 aromatic carbocycles. The van der Waals surface area contributed by atoms with Crippen LogP contribution in [0.2, 0.25) is 0 Å². The average molecular weight is 428 g/mol. The number of furan rings is 1. The molecule has 5 rings (SSSR count). The number of fused-ring (bicyclic) bond motifs is 2. The fraction of sp³-hybridized carbons (Fsp3) is 0.222. The summed E-state index contributed by atoms with van der Waals surface area (Å²) in [6, 6.07) is 25.6. The van der Waals surface area contributed by atoms with Crippen molar-refractivity contribution in [1.82, 2.24) is 4.90 Å². The molecule has 0 radical (unpaired) electrons. The van der Waals surface area contributed by atoms with Crippen LogP contribution < -0.4 is 9.47 Å². The first-order valence-corrected chi connectivity index (χ1v) is 11.0. The Labute approximate surface area is 187 Å². The number of rotatable bonds is 7. The molecule has 1 amide bonds. The molecular formula is C27H25NO4. The zero-order chi connectivity index (χ0) is 21.8. The average Bonchev–Trinajstić information content (AvgIpc) is 3.26. The zero-order valence-electron chi connectivity index (χ0n) is 17.8. The Bertz CT molecular complexity index is 1180. The van der Waals surface area contributed by atoms with E-state index < -0.39 is 0 Å². The van der Waals surface area contributed by atoms with Gasteiger partial charge in [-0.05, 0) is 48.7 Å². The van der Waals surface area contributed by atoms with Crippen LogP contribution in [0.4, 0.5) is 0 Å². The van der Waals surface area contributed by atoms with E-state index in [1.807, 2.05) is 59.5 Å². The summed E-state index contributed by atoms with van der Waals surface area (Å²) >= 11 is 0. The number of aryl methyl sites for hydroxylation is 1. The molecule has 0 spiro atoms. The summed E-state index contributed by atoms with van der Waals surface area (Å²) in [5.41, 5.74) is 2.69. The number of amides is 1. The quantitative estimate of drug-likeness (QED) is 0.392. The van der Waals surface area contributed by atoms with E-state index in [4.69, 9.17) is 13.9 Å². The van der Waals surface area contributed by atoms with E-state index in [-0.39, 0.29) is 5.91 Å². The van der Waals surface area contributed by atoms with Crippen LogP contribution in [0.25, 0.3) is 11.0 Å². The lowest BCUT2D eigenvalue weighted by atomic mass is 10.1. The summed E-state index contributed by atoms with van der Waals surface area (Å²) in [6.07, 6.45) is 1.77. The van der Waals surface area contributed by atoms with Gasteiger partial charge in [0, 0.05) is 17.5 Å². The van der Waals surface area contributed by atoms with E-state index in [1.54, 1.807) is 12.1 Å². The predicted octanol–water partition coefficient (Wildman–Crippen LogP) is 5.48. The molecule has 0 bridgehead atoms. The molecule has 5 heteroatoms. The van der Waals surface area contributed by atoms with Crippen LogP contribution in [0, 0.1) is 0 Å². The van der Waals surface area contributed by atoms with Crippen LogP contribution in [-0.4, -0.2) is 30.6 Å². The normalized spacial score (nSPS) is 12.6. The molecule has 162 valence electrons. The first-order valence-electron chi connectivity index (χ1n) is 11.0. The summed E-state index contributed by atoms with van der Waals surface area (Å²) in [5.74, 6) is 2.03. The van der Waals surface area contributed by atoms with Crippen LogP contribution in [0.15, 0.2) is 83.3 Å². The molecule has 0 aliphatic carbocycles. The lowest BCUT2D eigenvalue weighted by Crippen LogP contribution is -2.32. The molecule has 5 nitrogen and oxygen atoms in total. The summed E-state index contributed by atoms with van der Waals surface area (Å²) in [7, 11) is 0. The topological polar surface area (TPSA) is 51.9 Å². The number of para-hydroxylation sites is 1. The maximum atomic E-state index is 13.5. The third-order valence-corrected chi connectivity index (χ3v) is 5.64. The maximum absolute atomic E-state index is 13.5. The molecule has 1 aliphatic heterocycles. The van der Waals surface area contributed by atoms with E-state index in [0.717, 1.165) is 29.6 Å². The van der Waals surface area contributed by atoms with Crippen molar-refractivity contribution in [3.8, 4) is 11.5 Å². The van der Waals surface area contributed by atoms with Gasteiger partial charge in [-0.2, -0.15) is 0 Å². The van der Waals surface area contributed by atoms with Crippen LogP contribution in [0.3, 0.4) is 0 Å². The van der Waals surface area contributed by atoms with E-state index in [9.17, 15) is 4.79 Å². The molecular weight excluding hydrogens is 402 g/mol. The monoisotopic (exact) mass is 427 g/mol. The fourth-order valence-electron chi connectivity index (χ4n) is 4.03. The van der Waals surface area contributed by atoms with Gasteiger partial charge in [0.25, 0.3) is 5.91 Å². The molecule has 0 unspecified atom stereocenters. The lowest BCUT2D eigenvalue weighted by Gasteiger charge is -2.23. The van der Waals surface area contributed by atoms with Crippen molar-refractivity contribution in [2.75, 3.05) is 19.8 Å². The summed E-state index contributed by atoms with van der Waals surface area (Å²) < 4.78 is 17.3. The molecule has 0 atom stereocenters. The molecule has 2 heterocycles. The van der Waals surface area contributed by atoms with Gasteiger partial charge in [-0.15, -0.1) is 0 Å². The number of carbonyl (C=O) groups excluding carboxylic acids is 1. The first kappa shape index (κ1) is 20.2. The largest absolute Gasteiger partial charge is 0.486 e. The minimum atomic E-state index is -0.0458. The molecule has 1 aromatic heterocycles. The van der Waals surface area contributed by atoms with E-state index >= 15 is 0 Å². The smallest absolute Gasteiger partial charge is 0.254 e. The van der Waals surface area contributed by atoms with E-state index in [1.165, 1.54) is 5.56 Å². The zero-order valence-corrected chi connectivity index (χ0v) is 17.8. The number of carbonyl (C=O) groups is 1. The van der Waals surface area contributed by atoms with Gasteiger partial charge in [-0.1, -0.05) is 48.5 Å². The number of ether oxygens (including phenoxy) is 2. The summed E-state index contributed by atoms with van der Waals surface area (Å²) in [5, 5.41) is 1.04. The van der Waals surface area contributed by atoms with Crippen molar-refractivity contribution in [2.45, 2.75) is 19.4 Å². The first-order chi connectivity index (χ1) is 15.8. The van der Waals surface area contributed by atoms with Crippen LogP contribution in [0.5, 0.6) is 11.5 Å². The highest BCUT2D eigenvalue weighted by molar-refractivity contribution is 5.95. The molecule has 0 fully saturated rings. The molecule has 0 saturated heterocycles. The number of nitrogens with zero attached hydrogens (tertiary/aromatic N) is 1. The van der Waals surface area contributed by atoms with Gasteiger partial charge in [0.05, 0.1) is 6.54 Å². The third-order valence-electron chi connectivity index (χ3n) is 5.64. The Balaban J connectivity index is 1.36. The Morgan fingerprint density at radius 1 is 0.844 bits per heavy atom. The van der Waals surface area contributed by atoms with Gasteiger partial charge < -0.3 is 18.8 Å². The van der Waals surface area contributed by atoms with Crippen molar-refractivity contribution in [3.63, 3.8) is 0 Å². The van der Waals surface area contributed by atoms with Crippen LogP contribution in [-0.2, 0) is 13.0 Å². The number of benzene rings is 3. The standard InChI is InChI=1S/C27H25NO4/c29-27(22-12-13-25-26(18-22)31-16-15-30-25)28(14-6-9-20-7-2-1-3-8-20)19-23-17-21-10-4-5-11-24(21)32-23/h1-5,7-8,10-13,17-18H,6,9,14-16,19H2. The lowest BCUT2D eigenvalue weighted by molar-refractivity contribution is 0.0729. The predicted molar refractivity (Wildman–Crippen MR) is 123 cm³/mol. The summed E-state index contributed by atoms with van der Waals surface area (Å²) in [6.45, 7) is 2.05. The minimum Gasteiger partial charge on any atom is -0.486 e. The van der Waals surface area contributed by atoms with Gasteiger partial charge in [0.15, 0.2) is 11.5 Å². The van der Waals surface area contributed by atoms with Crippen molar-refractivity contribution >= 4 is 16.9 Å². The molecule has 4 aromatic rings. The molecule has 32 heavy (non-hydrogen) atoms. The number of hydrogen-bond donors (Lipinski definition) is 0. The van der Waals surface area contributed by atoms with Crippen molar-refractivity contribution in [3.05, 3.63) is 95.7 Å². The van der Waals surface area contributed by atoms with Crippen molar-refractivity contribution in [1.29, 1.82) is 0 Å². The molecule has 1 aliphatic rings. The van der Waals surface area contributed by atoms with Crippen LogP contribution in [0.1, 0.15) is 28.1 Å². The Morgan fingerprint density at radius 2 is 1.62 bits per heavy atom. The van der Waals surface area contributed by atoms with Gasteiger partial charge >= 0.3 is 0 Å². The van der Waals surface area contributed by atoms with Gasteiger partial charge in [-0.3, -0.25) is 4.79 Å². The second kappa shape index (κ2) is 9.18. The molecule has 0 saturated carbocycles. The van der Waals surface area contributed by atoms with E-state index in [0.29, 0.717) is 43.4 Å². The van der Waals surface area contributed by atoms with Gasteiger partial charge in [0.2, 0.25) is 0 Å². The minimum absolute atomic E-state index is 0.0458. The third kappa shape index (κ3) is 4.47. The Kier molecular flexibility index (Phi) is 5.79. The second-order valence-electron chi connectivity index (χ2n) is 7.92. The van der Waals surface area contributed by atoms with E-state index in [2.05, 4.69) is 12.1 Å². The maximum Gasteiger partial charge on any atom is 0.254 e. The Hall–Kier alpha value is -3.73. The van der Waals surface area contributed by atoms with Gasteiger partial charge in [0.1, 0.15) is 24.6 Å². The highest BCUT2D eigenvalue weighted by Crippen LogP contribution is 2.31. The highest BCUT2D eigenvalue weighted by Gasteiger charge is 2.21. The highest BCUT2D eigenvalue weighted by atomic mass is 16.6. The molecule has 0 N–H and O–H groups in total. The Morgan fingerprint density at radius 3 is 2.47 bits per heavy atom. The second-order valence-corrected chi connectivity index (χ2v) is 7.92. The SMILES string of the molecule is O=C(c1ccc2c(c1)OCCO2)N(CCCc1ccccc1)Cc1cc2ccccc2o1. The van der Waals surface area contributed by atoms with Crippen molar-refractivity contribution < 1.29 is 18.7 Å². The van der Waals surface area contributed by atoms with Gasteiger partial charge in [-0.25, -0.2) is 0 Å². The fourth-order valence-corrected chi connectivity index (χ4v) is 4.03. The van der Waals surface area contributed by atoms with Crippen LogP contribution >= 0.6 is 0 Å². The van der Waals surface area contributed by atoms with Crippen molar-refractivity contribution in [2.24, 2.45) is 0 Å². The number of hydrogen-bond acceptors (Lipinski definition) is 4. The summed E-state index contributed by atoms with van der Waals surface area (Å²) in [4.78, 5) is 15.3.